The van der Waals surface area contributed by atoms with E-state index in [2.05, 4.69) is 70.6 Å². The number of aromatic nitrogens is 10. The summed E-state index contributed by atoms with van der Waals surface area (Å²) in [7, 11) is 0. The second-order valence-electron chi connectivity index (χ2n) is 19.6. The van der Waals surface area contributed by atoms with Crippen LogP contribution in [-0.4, -0.2) is 181 Å². The van der Waals surface area contributed by atoms with Gasteiger partial charge in [0.25, 0.3) is 0 Å². The van der Waals surface area contributed by atoms with Gasteiger partial charge in [-0.15, -0.1) is 16.6 Å². The zero-order chi connectivity index (χ0) is 52.6. The summed E-state index contributed by atoms with van der Waals surface area (Å²) in [5.74, 6) is 2.95. The minimum Gasteiger partial charge on any atom is -0.481 e. The van der Waals surface area contributed by atoms with Crippen LogP contribution in [-0.2, 0) is 35.0 Å². The zero-order valence-corrected chi connectivity index (χ0v) is 43.1. The van der Waals surface area contributed by atoms with E-state index in [-0.39, 0.29) is 43.3 Å². The van der Waals surface area contributed by atoms with Crippen molar-refractivity contribution in [2.45, 2.75) is 84.0 Å². The smallest absolute Gasteiger partial charge is 0.303 e. The number of aromatic amines is 1. The molecule has 4 aromatic heterocycles. The third kappa shape index (κ3) is 15.4. The monoisotopic (exact) mass is 1020 g/mol. The molecule has 7 rings (SSSR count). The minimum absolute atomic E-state index is 0.0411. The average molecular weight is 1020 g/mol. The maximum Gasteiger partial charge on any atom is 0.303 e. The Kier molecular flexibility index (Phi) is 20.0. The van der Waals surface area contributed by atoms with Crippen molar-refractivity contribution in [1.29, 1.82) is 0 Å². The van der Waals surface area contributed by atoms with E-state index in [1.54, 1.807) is 22.0 Å². The molecular formula is C50H73N17O7. The Balaban J connectivity index is 1.04. The van der Waals surface area contributed by atoms with Crippen LogP contribution < -0.4 is 26.6 Å². The van der Waals surface area contributed by atoms with Gasteiger partial charge < -0.3 is 60.7 Å². The summed E-state index contributed by atoms with van der Waals surface area (Å²) >= 11 is 0. The normalized spacial score (nSPS) is 15.9. The first kappa shape index (κ1) is 55.0. The van der Waals surface area contributed by atoms with Crippen molar-refractivity contribution in [2.24, 2.45) is 23.3 Å². The fourth-order valence-corrected chi connectivity index (χ4v) is 9.05. The molecule has 400 valence electrons. The SMILES string of the molecule is C#CCOCCOCCOCCNc1nc(N2CCN(C(=O)C(CCC(=O)O)n3cc(C(N)CC(C)C)nn3)CC2)nc(N2CCN(C(=O)C(Cc3cc4ccccc4[nH]3)n3cc(C(N)CC(C)C)nn3)CC2)n1. The van der Waals surface area contributed by atoms with Gasteiger partial charge in [-0.3, -0.25) is 14.4 Å². The molecule has 2 saturated heterocycles. The van der Waals surface area contributed by atoms with Crippen LogP contribution in [0.1, 0.15) is 94.6 Å². The molecule has 0 aliphatic carbocycles. The standard InChI is InChI=1S/C50H73N17O7/c1-6-22-72-24-26-74-27-25-73-23-13-53-48-55-49(64-18-14-62(15-19-64)46(70)43(11-12-45(68)69)66-32-41(58-60-66)38(51)28-34(2)3)57-50(56-48)65-20-16-63(17-21-65)47(71)44(31-37-30-36-9-7-8-10-40(36)54-37)67-33-42(59-61-67)39(52)29-35(4)5/h1,7-10,30,32-35,38-39,43-44,54H,11-29,31,51-52H2,2-5H3,(H,68,69)(H,53,55,56,57). The van der Waals surface area contributed by atoms with Crippen molar-refractivity contribution in [1.82, 2.24) is 59.7 Å². The molecule has 24 nitrogen and oxygen atoms in total. The van der Waals surface area contributed by atoms with Gasteiger partial charge in [0.05, 0.1) is 68.9 Å². The fourth-order valence-electron chi connectivity index (χ4n) is 9.05. The number of fused-ring (bicyclic) bond motifs is 1. The number of piperazine rings is 2. The summed E-state index contributed by atoms with van der Waals surface area (Å²) in [5.41, 5.74) is 16.0. The Morgan fingerprint density at radius 2 is 1.27 bits per heavy atom. The van der Waals surface area contributed by atoms with Gasteiger partial charge in [-0.1, -0.05) is 62.2 Å². The lowest BCUT2D eigenvalue weighted by Gasteiger charge is -2.38. The van der Waals surface area contributed by atoms with Crippen LogP contribution in [0.5, 0.6) is 0 Å². The lowest BCUT2D eigenvalue weighted by atomic mass is 10.0. The average Bonchev–Trinajstić information content (AvgIpc) is 4.18. The lowest BCUT2D eigenvalue weighted by Crippen LogP contribution is -2.52. The van der Waals surface area contributed by atoms with Crippen LogP contribution >= 0.6 is 0 Å². The van der Waals surface area contributed by atoms with Gasteiger partial charge in [-0.25, -0.2) is 9.36 Å². The molecule has 4 atom stereocenters. The van der Waals surface area contributed by atoms with E-state index in [1.165, 1.54) is 4.68 Å². The second kappa shape index (κ2) is 27.0. The number of benzene rings is 1. The largest absolute Gasteiger partial charge is 0.481 e. The van der Waals surface area contributed by atoms with Crippen LogP contribution in [0.15, 0.2) is 42.7 Å². The molecule has 1 aromatic carbocycles. The van der Waals surface area contributed by atoms with E-state index in [0.29, 0.717) is 146 Å². The van der Waals surface area contributed by atoms with Crippen LogP contribution in [0.2, 0.25) is 0 Å². The van der Waals surface area contributed by atoms with E-state index in [0.717, 1.165) is 23.0 Å². The van der Waals surface area contributed by atoms with E-state index in [4.69, 9.17) is 47.1 Å². The highest BCUT2D eigenvalue weighted by molar-refractivity contribution is 5.83. The number of para-hydroxylation sites is 1. The molecule has 2 amide bonds. The number of carbonyl (C=O) groups excluding carboxylic acids is 2. The second-order valence-corrected chi connectivity index (χ2v) is 19.6. The highest BCUT2D eigenvalue weighted by Gasteiger charge is 2.34. The summed E-state index contributed by atoms with van der Waals surface area (Å²) in [6.45, 7) is 14.0. The first-order chi connectivity index (χ1) is 35.8. The molecular weight excluding hydrogens is 951 g/mol. The maximum atomic E-state index is 14.7. The Hall–Kier alpha value is -6.78. The molecule has 7 N–H and O–H groups in total. The summed E-state index contributed by atoms with van der Waals surface area (Å²) in [6.07, 6.45) is 10.3. The molecule has 4 unspecified atom stereocenters. The number of anilines is 3. The quantitative estimate of drug-likeness (QED) is 0.0355. The first-order valence-electron chi connectivity index (χ1n) is 25.6. The van der Waals surface area contributed by atoms with Crippen molar-refractivity contribution in [3.8, 4) is 12.3 Å². The molecule has 0 spiro atoms. The Labute approximate surface area is 431 Å². The van der Waals surface area contributed by atoms with Gasteiger partial charge in [-0.05, 0) is 48.6 Å². The molecule has 0 bridgehead atoms. The number of nitrogens with two attached hydrogens (primary N) is 2. The molecule has 5 aromatic rings. The highest BCUT2D eigenvalue weighted by atomic mass is 16.5. The third-order valence-electron chi connectivity index (χ3n) is 12.9. The topological polar surface area (TPSA) is 292 Å². The number of H-pyrrole nitrogens is 1. The summed E-state index contributed by atoms with van der Waals surface area (Å²) in [5, 5.41) is 31.3. The van der Waals surface area contributed by atoms with Crippen molar-refractivity contribution in [2.75, 3.05) is 114 Å². The summed E-state index contributed by atoms with van der Waals surface area (Å²) in [4.78, 5) is 66.2. The molecule has 2 fully saturated rings. The number of terminal acetylenes is 1. The number of carboxylic acids is 1. The predicted octanol–water partition coefficient (Wildman–Crippen LogP) is 2.61. The first-order valence-corrected chi connectivity index (χ1v) is 25.6. The van der Waals surface area contributed by atoms with Gasteiger partial charge in [0, 0.05) is 83.0 Å². The van der Waals surface area contributed by atoms with Crippen LogP contribution in [0.4, 0.5) is 17.8 Å². The Morgan fingerprint density at radius 3 is 1.81 bits per heavy atom. The zero-order valence-electron chi connectivity index (χ0n) is 43.1. The number of hydrogen-bond acceptors (Lipinski definition) is 18. The molecule has 2 aliphatic heterocycles. The Morgan fingerprint density at radius 1 is 0.743 bits per heavy atom. The number of carbonyl (C=O) groups is 3. The van der Waals surface area contributed by atoms with Gasteiger partial charge >= 0.3 is 5.97 Å². The van der Waals surface area contributed by atoms with E-state index < -0.39 is 18.1 Å². The van der Waals surface area contributed by atoms with Gasteiger partial charge in [0.2, 0.25) is 29.7 Å². The summed E-state index contributed by atoms with van der Waals surface area (Å²) < 4.78 is 19.7. The number of nitrogens with one attached hydrogen (secondary N) is 2. The van der Waals surface area contributed by atoms with Crippen LogP contribution in [0.25, 0.3) is 10.9 Å². The number of carboxylic acid groups (broad SMARTS) is 1. The van der Waals surface area contributed by atoms with Crippen molar-refractivity contribution in [3.05, 3.63) is 59.8 Å². The molecule has 0 saturated carbocycles. The van der Waals surface area contributed by atoms with Gasteiger partial charge in [0.15, 0.2) is 0 Å². The molecule has 74 heavy (non-hydrogen) atoms. The third-order valence-corrected chi connectivity index (χ3v) is 12.9. The van der Waals surface area contributed by atoms with Gasteiger partial charge in [-0.2, -0.15) is 15.0 Å². The maximum absolute atomic E-state index is 14.7. The Bertz CT molecular complexity index is 2580. The molecule has 24 heteroatoms. The number of rotatable bonds is 28. The number of amides is 2. The molecule has 0 radical (unpaired) electrons. The van der Waals surface area contributed by atoms with Crippen LogP contribution in [0.3, 0.4) is 0 Å². The summed E-state index contributed by atoms with van der Waals surface area (Å²) in [6, 6.07) is 7.86. The van der Waals surface area contributed by atoms with Crippen molar-refractivity contribution in [3.63, 3.8) is 0 Å². The number of nitrogens with zero attached hydrogens (tertiary/aromatic N) is 13. The lowest BCUT2D eigenvalue weighted by molar-refractivity contribution is -0.139. The van der Waals surface area contributed by atoms with Gasteiger partial charge in [0.1, 0.15) is 18.7 Å². The number of aliphatic carboxylic acids is 1. The fraction of sp³-hybridized carbons (Fsp3) is 0.600. The van der Waals surface area contributed by atoms with E-state index in [9.17, 15) is 19.5 Å². The highest BCUT2D eigenvalue weighted by Crippen LogP contribution is 2.27. The molecule has 2 aliphatic rings. The predicted molar refractivity (Wildman–Crippen MR) is 277 cm³/mol. The van der Waals surface area contributed by atoms with Crippen LogP contribution in [0, 0.1) is 24.2 Å². The van der Waals surface area contributed by atoms with Crippen molar-refractivity contribution < 1.29 is 33.7 Å². The van der Waals surface area contributed by atoms with E-state index in [1.807, 2.05) is 39.0 Å². The number of ether oxygens (including phenoxy) is 3. The minimum atomic E-state index is -1.01. The van der Waals surface area contributed by atoms with E-state index >= 15 is 0 Å². The molecule has 6 heterocycles. The van der Waals surface area contributed by atoms with Crippen molar-refractivity contribution >= 4 is 46.5 Å². The number of hydrogen-bond donors (Lipinski definition) is 5.